The first-order valence-corrected chi connectivity index (χ1v) is 8.44. The van der Waals surface area contributed by atoms with Crippen molar-refractivity contribution < 1.29 is 9.84 Å². The minimum absolute atomic E-state index is 0.254. The molecule has 0 bridgehead atoms. The van der Waals surface area contributed by atoms with E-state index in [2.05, 4.69) is 52.1 Å². The van der Waals surface area contributed by atoms with Gasteiger partial charge in [0.2, 0.25) is 0 Å². The smallest absolute Gasteiger partial charge is 0.0897 e. The Bertz CT molecular complexity index is 312. The standard InChI is InChI=1S/C18H35NO2/c1-14(2)18(4,5)13-19-10-17(20)12-21-11-16-9-7-6-8-15(16)3/h6-7,14-17,19-20H,8-13H2,1-5H3. The maximum Gasteiger partial charge on any atom is 0.0897 e. The molecule has 0 aliphatic heterocycles. The minimum atomic E-state index is -0.414. The van der Waals surface area contributed by atoms with Crippen molar-refractivity contribution in [2.24, 2.45) is 23.2 Å². The molecule has 1 aliphatic rings. The molecule has 1 aliphatic carbocycles. The average molecular weight is 297 g/mol. The molecule has 0 fully saturated rings. The van der Waals surface area contributed by atoms with E-state index in [9.17, 15) is 5.11 Å². The third-order valence-electron chi connectivity index (χ3n) is 5.08. The minimum Gasteiger partial charge on any atom is -0.389 e. The van der Waals surface area contributed by atoms with Gasteiger partial charge < -0.3 is 15.2 Å². The highest BCUT2D eigenvalue weighted by atomic mass is 16.5. The van der Waals surface area contributed by atoms with Crippen LogP contribution in [0.1, 0.15) is 47.5 Å². The molecule has 2 N–H and O–H groups in total. The molecular weight excluding hydrogens is 262 g/mol. The highest BCUT2D eigenvalue weighted by molar-refractivity contribution is 4.93. The molecule has 21 heavy (non-hydrogen) atoms. The number of rotatable bonds is 9. The van der Waals surface area contributed by atoms with Crippen LogP contribution in [0.15, 0.2) is 12.2 Å². The van der Waals surface area contributed by atoms with Crippen LogP contribution in [0.5, 0.6) is 0 Å². The molecule has 0 aromatic carbocycles. The largest absolute Gasteiger partial charge is 0.389 e. The fraction of sp³-hybridized carbons (Fsp3) is 0.889. The van der Waals surface area contributed by atoms with Crippen molar-refractivity contribution in [3.8, 4) is 0 Å². The van der Waals surface area contributed by atoms with Gasteiger partial charge in [0.25, 0.3) is 0 Å². The van der Waals surface area contributed by atoms with E-state index in [1.807, 2.05) is 0 Å². The third-order valence-corrected chi connectivity index (χ3v) is 5.08. The van der Waals surface area contributed by atoms with E-state index >= 15 is 0 Å². The van der Waals surface area contributed by atoms with Crippen LogP contribution in [0.4, 0.5) is 0 Å². The van der Waals surface area contributed by atoms with Gasteiger partial charge in [-0.15, -0.1) is 0 Å². The Morgan fingerprint density at radius 3 is 2.57 bits per heavy atom. The summed E-state index contributed by atoms with van der Waals surface area (Å²) in [4.78, 5) is 0. The van der Waals surface area contributed by atoms with E-state index in [0.717, 1.165) is 26.0 Å². The summed E-state index contributed by atoms with van der Waals surface area (Å²) in [5.41, 5.74) is 0.254. The maximum atomic E-state index is 9.98. The Morgan fingerprint density at radius 1 is 1.29 bits per heavy atom. The van der Waals surface area contributed by atoms with Gasteiger partial charge in [-0.05, 0) is 36.0 Å². The monoisotopic (exact) mass is 297 g/mol. The molecule has 3 nitrogen and oxygen atoms in total. The molecule has 1 rings (SSSR count). The Kier molecular flexibility index (Phi) is 7.93. The highest BCUT2D eigenvalue weighted by Crippen LogP contribution is 2.25. The van der Waals surface area contributed by atoms with Crippen molar-refractivity contribution in [3.63, 3.8) is 0 Å². The SMILES string of the molecule is CC1CC=CCC1COCC(O)CNCC(C)(C)C(C)C. The van der Waals surface area contributed by atoms with E-state index in [-0.39, 0.29) is 5.41 Å². The highest BCUT2D eigenvalue weighted by Gasteiger charge is 2.22. The lowest BCUT2D eigenvalue weighted by atomic mass is 9.81. The van der Waals surface area contributed by atoms with Gasteiger partial charge in [-0.25, -0.2) is 0 Å². The summed E-state index contributed by atoms with van der Waals surface area (Å²) < 4.78 is 5.71. The van der Waals surface area contributed by atoms with E-state index in [0.29, 0.717) is 30.9 Å². The van der Waals surface area contributed by atoms with Crippen molar-refractivity contribution in [1.29, 1.82) is 0 Å². The Hall–Kier alpha value is -0.380. The molecule has 124 valence electrons. The first-order valence-electron chi connectivity index (χ1n) is 8.44. The first kappa shape index (κ1) is 18.7. The van der Waals surface area contributed by atoms with Gasteiger partial charge in [0.1, 0.15) is 0 Å². The van der Waals surface area contributed by atoms with Gasteiger partial charge in [0.05, 0.1) is 19.3 Å². The van der Waals surface area contributed by atoms with E-state index in [4.69, 9.17) is 4.74 Å². The molecule has 0 saturated carbocycles. The molecular formula is C18H35NO2. The zero-order chi connectivity index (χ0) is 15.9. The molecule has 0 spiro atoms. The average Bonchev–Trinajstić information content (AvgIpc) is 2.40. The Labute approximate surface area is 131 Å². The number of hydrogen-bond donors (Lipinski definition) is 2. The van der Waals surface area contributed by atoms with Crippen LogP contribution < -0.4 is 5.32 Å². The molecule has 3 atom stereocenters. The van der Waals surface area contributed by atoms with Crippen LogP contribution in [-0.4, -0.2) is 37.5 Å². The third kappa shape index (κ3) is 6.94. The van der Waals surface area contributed by atoms with Gasteiger partial charge in [-0.2, -0.15) is 0 Å². The first-order chi connectivity index (χ1) is 9.83. The van der Waals surface area contributed by atoms with E-state index in [1.54, 1.807) is 0 Å². The lowest BCUT2D eigenvalue weighted by Gasteiger charge is -2.30. The maximum absolute atomic E-state index is 9.98. The van der Waals surface area contributed by atoms with E-state index in [1.165, 1.54) is 0 Å². The van der Waals surface area contributed by atoms with Gasteiger partial charge in [0.15, 0.2) is 0 Å². The normalized spacial score (nSPS) is 24.5. The topological polar surface area (TPSA) is 41.5 Å². The second kappa shape index (κ2) is 8.92. The van der Waals surface area contributed by atoms with Crippen molar-refractivity contribution in [2.75, 3.05) is 26.3 Å². The van der Waals surface area contributed by atoms with Crippen molar-refractivity contribution in [3.05, 3.63) is 12.2 Å². The number of aliphatic hydroxyl groups excluding tert-OH is 1. The van der Waals surface area contributed by atoms with Crippen LogP contribution in [-0.2, 0) is 4.74 Å². The second-order valence-corrected chi connectivity index (χ2v) is 7.65. The lowest BCUT2D eigenvalue weighted by molar-refractivity contribution is 0.0117. The lowest BCUT2D eigenvalue weighted by Crippen LogP contribution is -2.38. The second-order valence-electron chi connectivity index (χ2n) is 7.65. The van der Waals surface area contributed by atoms with Gasteiger partial charge in [-0.1, -0.05) is 46.8 Å². The summed E-state index contributed by atoms with van der Waals surface area (Å²) in [5.74, 6) is 1.92. The van der Waals surface area contributed by atoms with Crippen LogP contribution in [0, 0.1) is 23.2 Å². The number of nitrogens with one attached hydrogen (secondary N) is 1. The molecule has 0 radical (unpaired) electrons. The van der Waals surface area contributed by atoms with Crippen molar-refractivity contribution >= 4 is 0 Å². The molecule has 3 unspecified atom stereocenters. The summed E-state index contributed by atoms with van der Waals surface area (Å²) in [6, 6.07) is 0. The van der Waals surface area contributed by atoms with Gasteiger partial charge in [0, 0.05) is 13.1 Å². The molecule has 3 heteroatoms. The summed E-state index contributed by atoms with van der Waals surface area (Å²) in [6.07, 6.45) is 6.36. The zero-order valence-corrected chi connectivity index (χ0v) is 14.6. The summed E-state index contributed by atoms with van der Waals surface area (Å²) in [6.45, 7) is 14.0. The predicted molar refractivity (Wildman–Crippen MR) is 89.3 cm³/mol. The van der Waals surface area contributed by atoms with Crippen LogP contribution >= 0.6 is 0 Å². The molecule has 0 heterocycles. The Balaban J connectivity index is 2.11. The van der Waals surface area contributed by atoms with Gasteiger partial charge in [-0.3, -0.25) is 0 Å². The predicted octanol–water partition coefficient (Wildman–Crippen LogP) is 3.24. The van der Waals surface area contributed by atoms with Crippen molar-refractivity contribution in [1.82, 2.24) is 5.32 Å². The van der Waals surface area contributed by atoms with Crippen LogP contribution in [0.2, 0.25) is 0 Å². The number of hydrogen-bond acceptors (Lipinski definition) is 3. The van der Waals surface area contributed by atoms with Crippen LogP contribution in [0.3, 0.4) is 0 Å². The number of allylic oxidation sites excluding steroid dienone is 2. The van der Waals surface area contributed by atoms with Gasteiger partial charge >= 0.3 is 0 Å². The zero-order valence-electron chi connectivity index (χ0n) is 14.6. The van der Waals surface area contributed by atoms with Crippen LogP contribution in [0.25, 0.3) is 0 Å². The number of aliphatic hydroxyl groups is 1. The Morgan fingerprint density at radius 2 is 1.95 bits per heavy atom. The fourth-order valence-electron chi connectivity index (χ4n) is 2.42. The molecule has 0 aromatic heterocycles. The summed E-state index contributed by atoms with van der Waals surface area (Å²) >= 11 is 0. The number of ether oxygens (including phenoxy) is 1. The molecule has 0 saturated heterocycles. The summed E-state index contributed by atoms with van der Waals surface area (Å²) in [7, 11) is 0. The quantitative estimate of drug-likeness (QED) is 0.642. The van der Waals surface area contributed by atoms with E-state index < -0.39 is 6.10 Å². The summed E-state index contributed by atoms with van der Waals surface area (Å²) in [5, 5.41) is 13.3. The molecule has 0 aromatic rings. The fourth-order valence-corrected chi connectivity index (χ4v) is 2.42. The van der Waals surface area contributed by atoms with Crippen molar-refractivity contribution in [2.45, 2.75) is 53.6 Å². The molecule has 0 amide bonds.